The van der Waals surface area contributed by atoms with Gasteiger partial charge in [0.2, 0.25) is 0 Å². The second kappa shape index (κ2) is 13.2. The first kappa shape index (κ1) is 30.1. The molecule has 0 aliphatic heterocycles. The maximum atomic E-state index is 10.6. The highest BCUT2D eigenvalue weighted by atomic mass is 16.4. The van der Waals surface area contributed by atoms with Crippen LogP contribution >= 0.6 is 0 Å². The van der Waals surface area contributed by atoms with Gasteiger partial charge in [-0.15, -0.1) is 0 Å². The van der Waals surface area contributed by atoms with Gasteiger partial charge in [0, 0.05) is 0 Å². The molecule has 198 valence electrons. The largest absolute Gasteiger partial charge is 0.508 e. The van der Waals surface area contributed by atoms with E-state index in [9.17, 15) is 28.8 Å². The minimum atomic E-state index is -1.48. The number of benzene rings is 3. The fraction of sp³-hybridized carbons (Fsp3) is 0. The highest BCUT2D eigenvalue weighted by molar-refractivity contribution is 6.04. The van der Waals surface area contributed by atoms with Crippen molar-refractivity contribution < 1.29 is 69.6 Å². The molecule has 3 rings (SSSR count). The van der Waals surface area contributed by atoms with Crippen LogP contribution in [0.2, 0.25) is 0 Å². The van der Waals surface area contributed by atoms with E-state index in [1.165, 1.54) is 24.3 Å². The lowest BCUT2D eigenvalue weighted by atomic mass is 10.0. The van der Waals surface area contributed by atoms with Crippen LogP contribution in [0, 0.1) is 0 Å². The van der Waals surface area contributed by atoms with Crippen molar-refractivity contribution in [3.05, 3.63) is 94.0 Å². The van der Waals surface area contributed by atoms with Gasteiger partial charge in [-0.25, -0.2) is 28.8 Å². The molecule has 0 fully saturated rings. The summed E-state index contributed by atoms with van der Waals surface area (Å²) in [5.74, 6) is -8.06. The first-order chi connectivity index (χ1) is 17.6. The molecule has 38 heavy (non-hydrogen) atoms. The number of aromatic carboxylic acids is 6. The second-order valence-corrected chi connectivity index (χ2v) is 6.87. The van der Waals surface area contributed by atoms with Crippen molar-refractivity contribution in [3.63, 3.8) is 0 Å². The zero-order valence-electron chi connectivity index (χ0n) is 18.8. The summed E-state index contributed by atoms with van der Waals surface area (Å²) in [5, 5.41) is 69.0. The third-order valence-electron chi connectivity index (χ3n) is 4.30. The number of phenolic OH excluding ortho intramolecular Hbond substituents is 2. The molecule has 0 aliphatic carbocycles. The minimum Gasteiger partial charge on any atom is -0.508 e. The van der Waals surface area contributed by atoms with Crippen LogP contribution in [0.15, 0.2) is 60.7 Å². The van der Waals surface area contributed by atoms with E-state index in [1.807, 2.05) is 0 Å². The van der Waals surface area contributed by atoms with Crippen molar-refractivity contribution in [2.45, 2.75) is 0 Å². The molecule has 0 saturated heterocycles. The molecule has 14 heteroatoms. The van der Waals surface area contributed by atoms with Crippen molar-refractivity contribution >= 4 is 35.8 Å². The standard InChI is InChI=1S/2C9H6O6.C6H6O2/c2*10-7(11)4-1-2-5(8(12)13)6(3-4)9(14)15;7-5-1-2-6(8)4-3-5/h2*1-3H,(H,10,11)(H,12,13)(H,14,15);1-4,7-8H. The molecule has 0 unspecified atom stereocenters. The van der Waals surface area contributed by atoms with E-state index in [4.69, 9.17) is 40.9 Å². The SMILES string of the molecule is O=C(O)c1ccc(C(=O)O)c(C(=O)O)c1.O=C(O)c1ccc(C(=O)O)c(C(=O)O)c1.Oc1ccc(O)cc1. The summed E-state index contributed by atoms with van der Waals surface area (Å²) in [6, 6.07) is 11.3. The molecule has 8 N–H and O–H groups in total. The van der Waals surface area contributed by atoms with Gasteiger partial charge in [-0.3, -0.25) is 0 Å². The number of hydrogen-bond donors (Lipinski definition) is 8. The quantitative estimate of drug-likeness (QED) is 0.213. The number of hydrogen-bond acceptors (Lipinski definition) is 8. The summed E-state index contributed by atoms with van der Waals surface area (Å²) in [4.78, 5) is 63.5. The molecule has 0 atom stereocenters. The number of phenols is 2. The van der Waals surface area contributed by atoms with E-state index < -0.39 is 58.1 Å². The van der Waals surface area contributed by atoms with E-state index >= 15 is 0 Å². The van der Waals surface area contributed by atoms with Gasteiger partial charge in [0.1, 0.15) is 11.5 Å². The van der Waals surface area contributed by atoms with Crippen LogP contribution in [0.1, 0.15) is 62.1 Å². The van der Waals surface area contributed by atoms with Gasteiger partial charge < -0.3 is 40.9 Å². The third-order valence-corrected chi connectivity index (χ3v) is 4.30. The lowest BCUT2D eigenvalue weighted by molar-refractivity contribution is 0.0648. The fourth-order valence-corrected chi connectivity index (χ4v) is 2.53. The highest BCUT2D eigenvalue weighted by Crippen LogP contribution is 2.14. The molecule has 14 nitrogen and oxygen atoms in total. The first-order valence-electron chi connectivity index (χ1n) is 9.81. The Bertz CT molecular complexity index is 1280. The van der Waals surface area contributed by atoms with Crippen molar-refractivity contribution in [1.29, 1.82) is 0 Å². The molecule has 0 aliphatic rings. The number of carboxylic acid groups (broad SMARTS) is 6. The first-order valence-corrected chi connectivity index (χ1v) is 9.81. The molecule has 0 radical (unpaired) electrons. The van der Waals surface area contributed by atoms with Gasteiger partial charge in [-0.1, -0.05) is 0 Å². The molecule has 0 saturated carbocycles. The average molecular weight is 530 g/mol. The molecule has 0 aromatic heterocycles. The molecular formula is C24H18O14. The Morgan fingerprint density at radius 3 is 0.842 bits per heavy atom. The number of carboxylic acids is 6. The number of carbonyl (C=O) groups is 6. The number of rotatable bonds is 6. The van der Waals surface area contributed by atoms with Crippen molar-refractivity contribution in [2.75, 3.05) is 0 Å². The Hall–Kier alpha value is -5.92. The summed E-state index contributed by atoms with van der Waals surface area (Å²) in [6.45, 7) is 0. The van der Waals surface area contributed by atoms with Crippen LogP contribution in [0.4, 0.5) is 0 Å². The lowest BCUT2D eigenvalue weighted by Gasteiger charge is -2.02. The van der Waals surface area contributed by atoms with Crippen LogP contribution in [0.3, 0.4) is 0 Å². The summed E-state index contributed by atoms with van der Waals surface area (Å²) in [6.07, 6.45) is 0. The molecular weight excluding hydrogens is 512 g/mol. The van der Waals surface area contributed by atoms with Gasteiger partial charge in [0.15, 0.2) is 0 Å². The van der Waals surface area contributed by atoms with Gasteiger partial charge in [0.05, 0.1) is 33.4 Å². The van der Waals surface area contributed by atoms with E-state index in [0.29, 0.717) is 0 Å². The Morgan fingerprint density at radius 1 is 0.368 bits per heavy atom. The van der Waals surface area contributed by atoms with Crippen LogP contribution in [0.25, 0.3) is 0 Å². The Labute approximate surface area is 211 Å². The van der Waals surface area contributed by atoms with E-state index in [-0.39, 0.29) is 22.6 Å². The van der Waals surface area contributed by atoms with Gasteiger partial charge in [-0.2, -0.15) is 0 Å². The van der Waals surface area contributed by atoms with Crippen molar-refractivity contribution in [1.82, 2.24) is 0 Å². The molecule has 3 aromatic rings. The summed E-state index contributed by atoms with van der Waals surface area (Å²) in [7, 11) is 0. The second-order valence-electron chi connectivity index (χ2n) is 6.87. The molecule has 3 aromatic carbocycles. The zero-order chi connectivity index (χ0) is 29.2. The fourth-order valence-electron chi connectivity index (χ4n) is 2.53. The minimum absolute atomic E-state index is 0.169. The van der Waals surface area contributed by atoms with Crippen LogP contribution in [-0.2, 0) is 0 Å². The molecule has 0 bridgehead atoms. The summed E-state index contributed by atoms with van der Waals surface area (Å²) < 4.78 is 0. The molecule has 0 amide bonds. The topological polar surface area (TPSA) is 264 Å². The number of aromatic hydroxyl groups is 2. The monoisotopic (exact) mass is 530 g/mol. The van der Waals surface area contributed by atoms with Crippen molar-refractivity contribution in [2.24, 2.45) is 0 Å². The van der Waals surface area contributed by atoms with Crippen molar-refractivity contribution in [3.8, 4) is 11.5 Å². The van der Waals surface area contributed by atoms with Crippen LogP contribution in [-0.4, -0.2) is 76.7 Å². The third kappa shape index (κ3) is 8.70. The van der Waals surface area contributed by atoms with E-state index in [0.717, 1.165) is 36.4 Å². The predicted octanol–water partition coefficient (Wildman–Crippen LogP) is 2.66. The predicted molar refractivity (Wildman–Crippen MR) is 124 cm³/mol. The Kier molecular flexibility index (Phi) is 10.5. The highest BCUT2D eigenvalue weighted by Gasteiger charge is 2.19. The maximum Gasteiger partial charge on any atom is 0.336 e. The molecule has 0 spiro atoms. The van der Waals surface area contributed by atoms with E-state index in [2.05, 4.69) is 0 Å². The van der Waals surface area contributed by atoms with Crippen LogP contribution in [0.5, 0.6) is 11.5 Å². The van der Waals surface area contributed by atoms with Gasteiger partial charge in [0.25, 0.3) is 0 Å². The normalized spacial score (nSPS) is 9.47. The average Bonchev–Trinajstić information content (AvgIpc) is 2.85. The van der Waals surface area contributed by atoms with Gasteiger partial charge >= 0.3 is 35.8 Å². The zero-order valence-corrected chi connectivity index (χ0v) is 18.8. The summed E-state index contributed by atoms with van der Waals surface area (Å²) >= 11 is 0. The lowest BCUT2D eigenvalue weighted by Crippen LogP contribution is -2.10. The smallest absolute Gasteiger partial charge is 0.336 e. The Morgan fingerprint density at radius 2 is 0.632 bits per heavy atom. The Balaban J connectivity index is 0.000000298. The van der Waals surface area contributed by atoms with Gasteiger partial charge in [-0.05, 0) is 60.7 Å². The van der Waals surface area contributed by atoms with E-state index in [1.54, 1.807) is 0 Å². The summed E-state index contributed by atoms with van der Waals surface area (Å²) in [5.41, 5.74) is -2.49. The molecule has 0 heterocycles. The maximum absolute atomic E-state index is 10.6. The van der Waals surface area contributed by atoms with Crippen LogP contribution < -0.4 is 0 Å².